The van der Waals surface area contributed by atoms with Gasteiger partial charge in [-0.2, -0.15) is 0 Å². The third-order valence-electron chi connectivity index (χ3n) is 5.21. The van der Waals surface area contributed by atoms with Gasteiger partial charge in [-0.25, -0.2) is 27.5 Å². The van der Waals surface area contributed by atoms with Crippen molar-refractivity contribution in [3.05, 3.63) is 83.0 Å². The van der Waals surface area contributed by atoms with Gasteiger partial charge in [0, 0.05) is 46.7 Å². The average molecular weight is 491 g/mol. The van der Waals surface area contributed by atoms with E-state index in [1.807, 2.05) is 0 Å². The molecule has 2 N–H and O–H groups in total. The summed E-state index contributed by atoms with van der Waals surface area (Å²) in [5.74, 6) is -1.30. The van der Waals surface area contributed by atoms with E-state index >= 15 is 0 Å². The molecule has 2 aromatic heterocycles. The molecule has 0 spiro atoms. The number of aliphatic hydroxyl groups is 1. The van der Waals surface area contributed by atoms with Crippen LogP contribution in [0.5, 0.6) is 0 Å². The van der Waals surface area contributed by atoms with E-state index in [1.165, 1.54) is 56.7 Å². The molecule has 0 aliphatic rings. The van der Waals surface area contributed by atoms with Crippen LogP contribution in [0.2, 0.25) is 5.02 Å². The van der Waals surface area contributed by atoms with Gasteiger partial charge < -0.3 is 10.4 Å². The summed E-state index contributed by atoms with van der Waals surface area (Å²) >= 11 is 6.28. The van der Waals surface area contributed by atoms with E-state index in [4.69, 9.17) is 11.6 Å². The molecule has 0 radical (unpaired) electrons. The first kappa shape index (κ1) is 23.8. The number of anilines is 1. The van der Waals surface area contributed by atoms with Crippen LogP contribution in [-0.4, -0.2) is 26.5 Å². The van der Waals surface area contributed by atoms with Crippen molar-refractivity contribution in [3.8, 4) is 11.1 Å². The van der Waals surface area contributed by atoms with E-state index in [9.17, 15) is 22.7 Å². The normalized spacial score (nSPS) is 12.9. The van der Waals surface area contributed by atoms with Crippen molar-refractivity contribution in [2.45, 2.75) is 31.9 Å². The van der Waals surface area contributed by atoms with Gasteiger partial charge in [-0.3, -0.25) is 4.98 Å². The van der Waals surface area contributed by atoms with E-state index in [0.717, 1.165) is 12.1 Å². The topological polar surface area (TPSA) is 70.9 Å². The number of nitrogens with one attached hydrogen (secondary N) is 1. The first-order valence-electron chi connectivity index (χ1n) is 10.2. The Morgan fingerprint density at radius 1 is 0.971 bits per heavy atom. The molecule has 0 amide bonds. The molecule has 0 aliphatic heterocycles. The molecule has 0 saturated heterocycles. The van der Waals surface area contributed by atoms with E-state index < -0.39 is 29.7 Å². The lowest BCUT2D eigenvalue weighted by molar-refractivity contribution is 0.0687. The lowest BCUT2D eigenvalue weighted by Gasteiger charge is -2.22. The van der Waals surface area contributed by atoms with Crippen molar-refractivity contribution in [1.29, 1.82) is 0 Å². The van der Waals surface area contributed by atoms with Crippen LogP contribution in [0.4, 0.5) is 23.2 Å². The molecular weight excluding hydrogens is 472 g/mol. The lowest BCUT2D eigenvalue weighted by Crippen LogP contribution is -2.20. The number of pyridine rings is 1. The Morgan fingerprint density at radius 2 is 1.65 bits per heavy atom. The summed E-state index contributed by atoms with van der Waals surface area (Å²) in [6, 6.07) is 6.00. The Labute approximate surface area is 197 Å². The summed E-state index contributed by atoms with van der Waals surface area (Å²) in [5.41, 5.74) is -0.957. The molecule has 1 unspecified atom stereocenters. The van der Waals surface area contributed by atoms with Crippen molar-refractivity contribution >= 4 is 28.2 Å². The maximum atomic E-state index is 14.9. The number of rotatable bonds is 6. The quantitative estimate of drug-likeness (QED) is 0.312. The molecule has 176 valence electrons. The second-order valence-electron chi connectivity index (χ2n) is 8.16. The zero-order chi connectivity index (χ0) is 24.6. The minimum atomic E-state index is -2.97. The number of fused-ring (bicyclic) bond motifs is 1. The lowest BCUT2D eigenvalue weighted by atomic mass is 10.0. The summed E-state index contributed by atoms with van der Waals surface area (Å²) in [5, 5.41) is 12.9. The van der Waals surface area contributed by atoms with Crippen molar-refractivity contribution in [3.63, 3.8) is 0 Å². The van der Waals surface area contributed by atoms with Crippen molar-refractivity contribution in [2.75, 3.05) is 5.32 Å². The zero-order valence-corrected chi connectivity index (χ0v) is 18.8. The number of hydrogen-bond acceptors (Lipinski definition) is 5. The van der Waals surface area contributed by atoms with Crippen LogP contribution in [0.25, 0.3) is 22.0 Å². The third kappa shape index (κ3) is 4.67. The molecule has 4 aromatic rings. The molecule has 0 fully saturated rings. The molecule has 5 nitrogen and oxygen atoms in total. The second kappa shape index (κ2) is 9.15. The Morgan fingerprint density at radius 3 is 2.26 bits per heavy atom. The van der Waals surface area contributed by atoms with E-state index in [-0.39, 0.29) is 44.1 Å². The van der Waals surface area contributed by atoms with Crippen LogP contribution in [0.3, 0.4) is 0 Å². The maximum absolute atomic E-state index is 14.9. The SMILES string of the molecule is CC(C)(O)c1ncc(-c2cc3c(NC(c4ccccc4F)C(F)F)c(Cl)cnc3cc2F)cn1. The summed E-state index contributed by atoms with van der Waals surface area (Å²) in [7, 11) is 0. The predicted molar refractivity (Wildman–Crippen MR) is 122 cm³/mol. The highest BCUT2D eigenvalue weighted by Gasteiger charge is 2.27. The number of aromatic nitrogens is 3. The first-order chi connectivity index (χ1) is 16.1. The molecular formula is C24H19ClF4N4O. The van der Waals surface area contributed by atoms with Crippen LogP contribution in [-0.2, 0) is 5.60 Å². The zero-order valence-electron chi connectivity index (χ0n) is 18.0. The minimum Gasteiger partial charge on any atom is -0.382 e. The number of hydrogen-bond donors (Lipinski definition) is 2. The summed E-state index contributed by atoms with van der Waals surface area (Å²) < 4.78 is 57.1. The Bertz CT molecular complexity index is 1340. The van der Waals surface area contributed by atoms with Gasteiger partial charge in [-0.15, -0.1) is 0 Å². The van der Waals surface area contributed by atoms with E-state index in [0.29, 0.717) is 0 Å². The molecule has 10 heteroatoms. The maximum Gasteiger partial charge on any atom is 0.262 e. The largest absolute Gasteiger partial charge is 0.382 e. The van der Waals surface area contributed by atoms with Crippen molar-refractivity contribution < 1.29 is 22.7 Å². The predicted octanol–water partition coefficient (Wildman–Crippen LogP) is 6.27. The minimum absolute atomic E-state index is 0.000625. The smallest absolute Gasteiger partial charge is 0.262 e. The average Bonchev–Trinajstić information content (AvgIpc) is 2.78. The fraction of sp³-hybridized carbons (Fsp3) is 0.208. The van der Waals surface area contributed by atoms with Gasteiger partial charge >= 0.3 is 0 Å². The number of alkyl halides is 2. The van der Waals surface area contributed by atoms with E-state index in [2.05, 4.69) is 20.3 Å². The third-order valence-corrected chi connectivity index (χ3v) is 5.50. The van der Waals surface area contributed by atoms with Crippen molar-refractivity contribution in [1.82, 2.24) is 15.0 Å². The summed E-state index contributed by atoms with van der Waals surface area (Å²) in [6.07, 6.45) is 0.920. The Hall–Kier alpha value is -3.30. The van der Waals surface area contributed by atoms with Crippen LogP contribution < -0.4 is 5.32 Å². The van der Waals surface area contributed by atoms with Crippen LogP contribution in [0, 0.1) is 11.6 Å². The first-order valence-corrected chi connectivity index (χ1v) is 10.6. The fourth-order valence-electron chi connectivity index (χ4n) is 3.50. The van der Waals surface area contributed by atoms with Gasteiger partial charge in [0.1, 0.15) is 23.3 Å². The Balaban J connectivity index is 1.83. The molecule has 1 atom stereocenters. The van der Waals surface area contributed by atoms with Crippen LogP contribution in [0.1, 0.15) is 31.3 Å². The summed E-state index contributed by atoms with van der Waals surface area (Å²) in [4.78, 5) is 12.3. The van der Waals surface area contributed by atoms with E-state index in [1.54, 1.807) is 0 Å². The molecule has 4 rings (SSSR count). The highest BCUT2D eigenvalue weighted by Crippen LogP contribution is 2.38. The monoisotopic (exact) mass is 490 g/mol. The molecule has 0 saturated carbocycles. The highest BCUT2D eigenvalue weighted by molar-refractivity contribution is 6.34. The van der Waals surface area contributed by atoms with Crippen molar-refractivity contribution in [2.24, 2.45) is 0 Å². The van der Waals surface area contributed by atoms with Gasteiger partial charge in [0.05, 0.1) is 16.2 Å². The van der Waals surface area contributed by atoms with Gasteiger partial charge in [0.2, 0.25) is 0 Å². The standard InChI is InChI=1S/C24H19ClF4N4O/c1-24(2,34)23-31-9-12(10-32-23)14-7-15-19(8-18(14)27)30-11-16(25)20(15)33-21(22(28)29)13-5-3-4-6-17(13)26/h3-11,21-22,34H,1-2H3,(H,30,33). The van der Waals surface area contributed by atoms with Gasteiger partial charge in [-0.05, 0) is 26.0 Å². The van der Waals surface area contributed by atoms with Crippen LogP contribution in [0.15, 0.2) is 55.0 Å². The molecule has 34 heavy (non-hydrogen) atoms. The van der Waals surface area contributed by atoms with Gasteiger partial charge in [-0.1, -0.05) is 29.8 Å². The highest BCUT2D eigenvalue weighted by atomic mass is 35.5. The second-order valence-corrected chi connectivity index (χ2v) is 8.57. The molecule has 0 bridgehead atoms. The fourth-order valence-corrected chi connectivity index (χ4v) is 3.70. The van der Waals surface area contributed by atoms with Gasteiger partial charge in [0.15, 0.2) is 5.82 Å². The number of nitrogens with zero attached hydrogens (tertiary/aromatic N) is 3. The Kier molecular flexibility index (Phi) is 6.42. The van der Waals surface area contributed by atoms with Gasteiger partial charge in [0.25, 0.3) is 6.43 Å². The van der Waals surface area contributed by atoms with Crippen LogP contribution >= 0.6 is 11.6 Å². The summed E-state index contributed by atoms with van der Waals surface area (Å²) in [6.45, 7) is 3.03. The molecule has 2 heterocycles. The number of halogens is 5. The number of benzene rings is 2. The molecule has 0 aliphatic carbocycles. The molecule has 2 aromatic carbocycles.